The van der Waals surface area contributed by atoms with Crippen molar-refractivity contribution in [2.75, 3.05) is 7.11 Å². The smallest absolute Gasteiger partial charge is 0.340 e. The van der Waals surface area contributed by atoms with Gasteiger partial charge < -0.3 is 4.74 Å². The van der Waals surface area contributed by atoms with E-state index < -0.39 is 18.0 Å². The van der Waals surface area contributed by atoms with E-state index in [1.54, 1.807) is 0 Å². The molecule has 0 radical (unpaired) electrons. The van der Waals surface area contributed by atoms with Gasteiger partial charge in [0.05, 0.1) is 18.2 Å². The van der Waals surface area contributed by atoms with Gasteiger partial charge in [-0.15, -0.1) is 0 Å². The van der Waals surface area contributed by atoms with Gasteiger partial charge in [-0.05, 0) is 22.0 Å². The number of rotatable bonds is 2. The topological polar surface area (TPSA) is 39.2 Å². The highest BCUT2D eigenvalue weighted by Crippen LogP contribution is 2.29. The summed E-state index contributed by atoms with van der Waals surface area (Å²) in [5.74, 6) is -0.757. The van der Waals surface area contributed by atoms with Crippen LogP contribution in [0.15, 0.2) is 10.7 Å². The van der Waals surface area contributed by atoms with Gasteiger partial charge in [-0.3, -0.25) is 0 Å². The van der Waals surface area contributed by atoms with Crippen molar-refractivity contribution in [2.24, 2.45) is 0 Å². The van der Waals surface area contributed by atoms with Crippen LogP contribution >= 0.6 is 27.5 Å². The summed E-state index contributed by atoms with van der Waals surface area (Å²) in [6.07, 6.45) is -2.79. The molecule has 1 aromatic rings. The lowest BCUT2D eigenvalue weighted by atomic mass is 10.2. The molecule has 0 bridgehead atoms. The van der Waals surface area contributed by atoms with E-state index in [0.29, 0.717) is 0 Å². The van der Waals surface area contributed by atoms with Gasteiger partial charge in [0.15, 0.2) is 0 Å². The van der Waals surface area contributed by atoms with Crippen LogP contribution in [0.2, 0.25) is 5.15 Å². The van der Waals surface area contributed by atoms with Crippen LogP contribution in [-0.2, 0) is 4.74 Å². The number of hydrogen-bond donors (Lipinski definition) is 0. The average molecular weight is 300 g/mol. The van der Waals surface area contributed by atoms with Crippen molar-refractivity contribution in [1.82, 2.24) is 4.98 Å². The number of nitrogens with zero attached hydrogens (tertiary/aromatic N) is 1. The van der Waals surface area contributed by atoms with Crippen LogP contribution in [-0.4, -0.2) is 18.1 Å². The third-order valence-corrected chi connectivity index (χ3v) is 2.50. The maximum atomic E-state index is 12.4. The van der Waals surface area contributed by atoms with Gasteiger partial charge in [-0.2, -0.15) is 0 Å². The third kappa shape index (κ3) is 2.63. The number of ether oxygens (including phenoxy) is 1. The Morgan fingerprint density at radius 1 is 1.67 bits per heavy atom. The lowest BCUT2D eigenvalue weighted by Crippen LogP contribution is -2.05. The van der Waals surface area contributed by atoms with E-state index >= 15 is 0 Å². The number of aromatic nitrogens is 1. The molecule has 0 amide bonds. The van der Waals surface area contributed by atoms with Gasteiger partial charge in [0.2, 0.25) is 0 Å². The van der Waals surface area contributed by atoms with Crippen LogP contribution in [0.3, 0.4) is 0 Å². The predicted octanol–water partition coefficient (Wildman–Crippen LogP) is 3.22. The summed E-state index contributed by atoms with van der Waals surface area (Å²) in [4.78, 5) is 14.7. The molecule has 0 fully saturated rings. The highest BCUT2D eigenvalue weighted by atomic mass is 79.9. The monoisotopic (exact) mass is 299 g/mol. The molecule has 1 aromatic heterocycles. The van der Waals surface area contributed by atoms with Crippen molar-refractivity contribution in [3.8, 4) is 0 Å². The number of hydrogen-bond acceptors (Lipinski definition) is 3. The number of carbonyl (C=O) groups excluding carboxylic acids is 1. The minimum absolute atomic E-state index is 0.0729. The summed E-state index contributed by atoms with van der Waals surface area (Å²) < 4.78 is 29.3. The molecule has 0 aliphatic heterocycles. The quantitative estimate of drug-likeness (QED) is 0.622. The molecule has 0 atom stereocenters. The van der Waals surface area contributed by atoms with Crippen LogP contribution in [0.5, 0.6) is 0 Å². The number of pyridine rings is 1. The van der Waals surface area contributed by atoms with Crippen molar-refractivity contribution in [3.05, 3.63) is 26.9 Å². The molecule has 1 rings (SSSR count). The van der Waals surface area contributed by atoms with Crippen molar-refractivity contribution < 1.29 is 18.3 Å². The molecule has 0 N–H and O–H groups in total. The fourth-order valence-corrected chi connectivity index (χ4v) is 1.67. The van der Waals surface area contributed by atoms with Crippen LogP contribution in [0.1, 0.15) is 22.3 Å². The zero-order valence-corrected chi connectivity index (χ0v) is 9.77. The van der Waals surface area contributed by atoms with Crippen LogP contribution in [0.25, 0.3) is 0 Å². The summed E-state index contributed by atoms with van der Waals surface area (Å²) in [5, 5.41) is -0.343. The fourth-order valence-electron chi connectivity index (χ4n) is 0.892. The summed E-state index contributed by atoms with van der Waals surface area (Å²) in [7, 11) is 1.14. The minimum atomic E-state index is -2.79. The SMILES string of the molecule is COC(=O)c1cc(C(F)F)c(Cl)nc1Br. The first-order valence-corrected chi connectivity index (χ1v) is 4.87. The van der Waals surface area contributed by atoms with Gasteiger partial charge in [0.1, 0.15) is 9.76 Å². The Hall–Kier alpha value is -0.750. The summed E-state index contributed by atoms with van der Waals surface area (Å²) in [6.45, 7) is 0. The van der Waals surface area contributed by atoms with Crippen molar-refractivity contribution in [2.45, 2.75) is 6.43 Å². The first kappa shape index (κ1) is 12.3. The lowest BCUT2D eigenvalue weighted by Gasteiger charge is -2.06. The van der Waals surface area contributed by atoms with E-state index in [1.165, 1.54) is 0 Å². The van der Waals surface area contributed by atoms with Crippen molar-refractivity contribution >= 4 is 33.5 Å². The average Bonchev–Trinajstić information content (AvgIpc) is 2.16. The molecule has 15 heavy (non-hydrogen) atoms. The molecule has 3 nitrogen and oxygen atoms in total. The standard InChI is InChI=1S/C8H5BrClF2NO2/c1-15-8(14)3-2-4(7(11)12)6(10)13-5(3)9/h2,7H,1H3. The summed E-state index contributed by atoms with van der Waals surface area (Å²) in [6, 6.07) is 0.954. The van der Waals surface area contributed by atoms with E-state index in [0.717, 1.165) is 13.2 Å². The Kier molecular flexibility index (Phi) is 3.98. The Morgan fingerprint density at radius 3 is 2.73 bits per heavy atom. The molecule has 0 saturated carbocycles. The number of halogens is 4. The van der Waals surface area contributed by atoms with Gasteiger partial charge in [-0.25, -0.2) is 18.6 Å². The predicted molar refractivity (Wildman–Crippen MR) is 53.2 cm³/mol. The lowest BCUT2D eigenvalue weighted by molar-refractivity contribution is 0.0598. The van der Waals surface area contributed by atoms with E-state index in [2.05, 4.69) is 25.7 Å². The largest absolute Gasteiger partial charge is 0.465 e. The molecule has 0 aromatic carbocycles. The molecule has 0 aliphatic carbocycles. The molecule has 0 spiro atoms. The third-order valence-electron chi connectivity index (χ3n) is 1.60. The number of carbonyl (C=O) groups is 1. The molecule has 0 saturated heterocycles. The Labute approximate surface area is 97.5 Å². The van der Waals surface area contributed by atoms with Gasteiger partial charge >= 0.3 is 5.97 Å². The van der Waals surface area contributed by atoms with E-state index in [1.807, 2.05) is 0 Å². The molecule has 7 heteroatoms. The number of alkyl halides is 2. The van der Waals surface area contributed by atoms with Crippen LogP contribution < -0.4 is 0 Å². The minimum Gasteiger partial charge on any atom is -0.465 e. The Bertz CT molecular complexity index is 400. The Balaban J connectivity index is 3.29. The molecule has 1 heterocycles. The molecular formula is C8H5BrClF2NO2. The molecule has 82 valence electrons. The maximum absolute atomic E-state index is 12.4. The first-order chi connectivity index (χ1) is 6.97. The summed E-state index contributed by atoms with van der Waals surface area (Å²) in [5.41, 5.74) is -0.586. The second-order valence-corrected chi connectivity index (χ2v) is 3.61. The normalized spacial score (nSPS) is 10.5. The number of methoxy groups -OCH3 is 1. The van der Waals surface area contributed by atoms with Gasteiger partial charge in [-0.1, -0.05) is 11.6 Å². The van der Waals surface area contributed by atoms with Gasteiger partial charge in [0.25, 0.3) is 6.43 Å². The zero-order valence-electron chi connectivity index (χ0n) is 7.43. The first-order valence-electron chi connectivity index (χ1n) is 3.69. The second-order valence-electron chi connectivity index (χ2n) is 2.50. The summed E-state index contributed by atoms with van der Waals surface area (Å²) >= 11 is 8.40. The number of esters is 1. The maximum Gasteiger partial charge on any atom is 0.340 e. The highest BCUT2D eigenvalue weighted by Gasteiger charge is 2.20. The molecular weight excluding hydrogens is 295 g/mol. The van der Waals surface area contributed by atoms with E-state index in [-0.39, 0.29) is 15.3 Å². The van der Waals surface area contributed by atoms with Crippen molar-refractivity contribution in [3.63, 3.8) is 0 Å². The molecule has 0 aliphatic rings. The fraction of sp³-hybridized carbons (Fsp3) is 0.250. The van der Waals surface area contributed by atoms with Gasteiger partial charge in [0, 0.05) is 0 Å². The van der Waals surface area contributed by atoms with E-state index in [9.17, 15) is 13.6 Å². The van der Waals surface area contributed by atoms with E-state index in [4.69, 9.17) is 11.6 Å². The second kappa shape index (κ2) is 4.85. The van der Waals surface area contributed by atoms with Crippen LogP contribution in [0.4, 0.5) is 8.78 Å². The molecule has 0 unspecified atom stereocenters. The van der Waals surface area contributed by atoms with Crippen LogP contribution in [0, 0.1) is 0 Å². The van der Waals surface area contributed by atoms with Crippen molar-refractivity contribution in [1.29, 1.82) is 0 Å². The highest BCUT2D eigenvalue weighted by molar-refractivity contribution is 9.10. The zero-order chi connectivity index (χ0) is 11.6. The Morgan fingerprint density at radius 2 is 2.27 bits per heavy atom.